The molecule has 0 heterocycles. The van der Waals surface area contributed by atoms with Gasteiger partial charge in [0.05, 0.1) is 5.60 Å². The minimum atomic E-state index is -0.607. The molecule has 2 rings (SSSR count). The van der Waals surface area contributed by atoms with E-state index in [1.165, 1.54) is 0 Å². The Morgan fingerprint density at radius 3 is 2.20 bits per heavy atom. The minimum absolute atomic E-state index is 0.266. The van der Waals surface area contributed by atoms with Crippen molar-refractivity contribution in [2.45, 2.75) is 38.7 Å². The summed E-state index contributed by atoms with van der Waals surface area (Å²) in [7, 11) is 0. The van der Waals surface area contributed by atoms with Crippen molar-refractivity contribution in [2.75, 3.05) is 0 Å². The lowest BCUT2D eigenvalue weighted by Crippen LogP contribution is -2.23. The van der Waals surface area contributed by atoms with Gasteiger partial charge >= 0.3 is 0 Å². The fraction of sp³-hybridized carbons (Fsp3) is 0.538. The van der Waals surface area contributed by atoms with Gasteiger partial charge in [-0.1, -0.05) is 41.9 Å². The number of hydrogen-bond acceptors (Lipinski definition) is 1. The maximum Gasteiger partial charge on any atom is 0.0901 e. The van der Waals surface area contributed by atoms with Crippen LogP contribution in [-0.2, 0) is 5.60 Å². The van der Waals surface area contributed by atoms with Gasteiger partial charge in [0.25, 0.3) is 0 Å². The quantitative estimate of drug-likeness (QED) is 0.821. The largest absolute Gasteiger partial charge is 0.385 e. The molecule has 2 heteroatoms. The second-order valence-corrected chi connectivity index (χ2v) is 6.30. The molecule has 1 aromatic carbocycles. The molecule has 15 heavy (non-hydrogen) atoms. The maximum atomic E-state index is 10.6. The smallest absolute Gasteiger partial charge is 0.0901 e. The third kappa shape index (κ3) is 2.26. The third-order valence-electron chi connectivity index (χ3n) is 3.37. The first kappa shape index (κ1) is 11.2. The molecule has 1 aliphatic carbocycles. The van der Waals surface area contributed by atoms with E-state index in [0.717, 1.165) is 29.3 Å². The van der Waals surface area contributed by atoms with Crippen LogP contribution in [-0.4, -0.2) is 5.11 Å². The van der Waals surface area contributed by atoms with E-state index < -0.39 is 5.60 Å². The van der Waals surface area contributed by atoms with Crippen LogP contribution in [0, 0.1) is 5.41 Å². The van der Waals surface area contributed by atoms with Gasteiger partial charge in [0.2, 0.25) is 0 Å². The zero-order valence-electron chi connectivity index (χ0n) is 9.26. The number of halogens is 1. The molecule has 0 amide bonds. The van der Waals surface area contributed by atoms with Gasteiger partial charge in [0.15, 0.2) is 0 Å². The number of aliphatic hydroxyl groups is 1. The minimum Gasteiger partial charge on any atom is -0.385 e. The molecule has 1 saturated carbocycles. The molecule has 1 N–H and O–H groups in total. The van der Waals surface area contributed by atoms with Gasteiger partial charge in [0, 0.05) is 4.47 Å². The van der Waals surface area contributed by atoms with Crippen LogP contribution in [0.5, 0.6) is 0 Å². The van der Waals surface area contributed by atoms with Crippen LogP contribution in [0.15, 0.2) is 28.7 Å². The fourth-order valence-electron chi connectivity index (χ4n) is 2.52. The molecule has 1 aromatic rings. The summed E-state index contributed by atoms with van der Waals surface area (Å²) in [4.78, 5) is 0. The lowest BCUT2D eigenvalue weighted by Gasteiger charge is -2.25. The van der Waals surface area contributed by atoms with Gasteiger partial charge in [-0.05, 0) is 42.4 Å². The highest BCUT2D eigenvalue weighted by atomic mass is 79.9. The van der Waals surface area contributed by atoms with E-state index in [1.54, 1.807) is 0 Å². The second-order valence-electron chi connectivity index (χ2n) is 5.38. The van der Waals surface area contributed by atoms with Crippen LogP contribution in [0.25, 0.3) is 0 Å². The van der Waals surface area contributed by atoms with E-state index in [9.17, 15) is 5.11 Å². The summed E-state index contributed by atoms with van der Waals surface area (Å²) < 4.78 is 1.06. The number of hydrogen-bond donors (Lipinski definition) is 1. The predicted octanol–water partition coefficient (Wildman–Crippen LogP) is 3.85. The van der Waals surface area contributed by atoms with Gasteiger partial charge in [-0.3, -0.25) is 0 Å². The van der Waals surface area contributed by atoms with Gasteiger partial charge in [-0.25, -0.2) is 0 Å². The molecule has 0 radical (unpaired) electrons. The van der Waals surface area contributed by atoms with Crippen LogP contribution in [0.2, 0.25) is 0 Å². The van der Waals surface area contributed by atoms with E-state index in [2.05, 4.69) is 29.8 Å². The van der Waals surface area contributed by atoms with Crippen LogP contribution in [0.4, 0.5) is 0 Å². The molecule has 1 atom stereocenters. The summed E-state index contributed by atoms with van der Waals surface area (Å²) in [5.41, 5.74) is 0.711. The highest BCUT2D eigenvalue weighted by Crippen LogP contribution is 2.48. The molecular weight excluding hydrogens is 252 g/mol. The van der Waals surface area contributed by atoms with E-state index >= 15 is 0 Å². The normalized spacial score (nSPS) is 29.3. The van der Waals surface area contributed by atoms with E-state index in [4.69, 9.17) is 0 Å². The zero-order chi connectivity index (χ0) is 11.1. The third-order valence-corrected chi connectivity index (χ3v) is 3.90. The van der Waals surface area contributed by atoms with Gasteiger partial charge < -0.3 is 5.11 Å². The van der Waals surface area contributed by atoms with Crippen LogP contribution >= 0.6 is 15.9 Å². The lowest BCUT2D eigenvalue weighted by molar-refractivity contribution is 0.0338. The van der Waals surface area contributed by atoms with Gasteiger partial charge in [0.1, 0.15) is 0 Å². The predicted molar refractivity (Wildman–Crippen MR) is 65.7 cm³/mol. The molecule has 0 saturated heterocycles. The average molecular weight is 269 g/mol. The van der Waals surface area contributed by atoms with E-state index in [0.29, 0.717) is 0 Å². The fourth-order valence-corrected chi connectivity index (χ4v) is 2.78. The first-order valence-corrected chi connectivity index (χ1v) is 6.19. The van der Waals surface area contributed by atoms with Crippen LogP contribution in [0.3, 0.4) is 0 Å². The summed E-state index contributed by atoms with van der Waals surface area (Å²) in [6.07, 6.45) is 2.84. The number of benzene rings is 1. The van der Waals surface area contributed by atoms with Crippen molar-refractivity contribution in [1.29, 1.82) is 0 Å². The van der Waals surface area contributed by atoms with Gasteiger partial charge in [-0.15, -0.1) is 0 Å². The summed E-state index contributed by atoms with van der Waals surface area (Å²) in [5.74, 6) is 0. The Hall–Kier alpha value is -0.340. The molecule has 0 bridgehead atoms. The molecule has 0 spiro atoms. The topological polar surface area (TPSA) is 20.2 Å². The summed E-state index contributed by atoms with van der Waals surface area (Å²) in [5, 5.41) is 10.6. The number of rotatable bonds is 1. The molecule has 0 aliphatic heterocycles. The van der Waals surface area contributed by atoms with Gasteiger partial charge in [-0.2, -0.15) is 0 Å². The Morgan fingerprint density at radius 2 is 1.73 bits per heavy atom. The maximum absolute atomic E-state index is 10.6. The molecule has 1 fully saturated rings. The van der Waals surface area contributed by atoms with Crippen molar-refractivity contribution in [1.82, 2.24) is 0 Å². The summed E-state index contributed by atoms with van der Waals surface area (Å²) in [6.45, 7) is 4.45. The Kier molecular flexibility index (Phi) is 2.68. The molecule has 0 aromatic heterocycles. The summed E-state index contributed by atoms with van der Waals surface area (Å²) in [6, 6.07) is 8.04. The van der Waals surface area contributed by atoms with E-state index in [-0.39, 0.29) is 5.41 Å². The first-order chi connectivity index (χ1) is 6.91. The second kappa shape index (κ2) is 3.60. The Labute approximate surface area is 99.6 Å². The van der Waals surface area contributed by atoms with Crippen LogP contribution < -0.4 is 0 Å². The molecule has 82 valence electrons. The average Bonchev–Trinajstić information content (AvgIpc) is 2.43. The Morgan fingerprint density at radius 1 is 1.13 bits per heavy atom. The molecule has 1 nitrogen and oxygen atoms in total. The van der Waals surface area contributed by atoms with Crippen molar-refractivity contribution in [3.63, 3.8) is 0 Å². The van der Waals surface area contributed by atoms with Crippen LogP contribution in [0.1, 0.15) is 38.7 Å². The lowest BCUT2D eigenvalue weighted by atomic mass is 9.86. The SMILES string of the molecule is CC1(C)CC[C@](O)(c2ccc(Br)cc2)C1. The van der Waals surface area contributed by atoms with Crippen molar-refractivity contribution >= 4 is 15.9 Å². The zero-order valence-corrected chi connectivity index (χ0v) is 10.8. The first-order valence-electron chi connectivity index (χ1n) is 5.40. The Balaban J connectivity index is 2.27. The molecule has 0 unspecified atom stereocenters. The monoisotopic (exact) mass is 268 g/mol. The standard InChI is InChI=1S/C13H17BrO/c1-12(2)7-8-13(15,9-12)10-3-5-11(14)6-4-10/h3-6,15H,7-9H2,1-2H3/t13-/m1/s1. The van der Waals surface area contributed by atoms with Crippen molar-refractivity contribution in [2.24, 2.45) is 5.41 Å². The van der Waals surface area contributed by atoms with Crippen molar-refractivity contribution in [3.8, 4) is 0 Å². The van der Waals surface area contributed by atoms with Crippen molar-refractivity contribution < 1.29 is 5.11 Å². The highest BCUT2D eigenvalue weighted by Gasteiger charge is 2.42. The molecular formula is C13H17BrO. The van der Waals surface area contributed by atoms with E-state index in [1.807, 2.05) is 24.3 Å². The molecule has 1 aliphatic rings. The van der Waals surface area contributed by atoms with Crippen molar-refractivity contribution in [3.05, 3.63) is 34.3 Å². The highest BCUT2D eigenvalue weighted by molar-refractivity contribution is 9.10. The Bertz CT molecular complexity index is 355. The summed E-state index contributed by atoms with van der Waals surface area (Å²) >= 11 is 3.41.